The third-order valence-corrected chi connectivity index (χ3v) is 4.70. The maximum atomic E-state index is 12.2. The molecule has 1 N–H and O–H groups in total. The van der Waals surface area contributed by atoms with Crippen molar-refractivity contribution in [3.05, 3.63) is 61.0 Å². The van der Waals surface area contributed by atoms with E-state index in [1.165, 1.54) is 0 Å². The summed E-state index contributed by atoms with van der Waals surface area (Å²) in [7, 11) is 0. The number of hydrogen-bond acceptors (Lipinski definition) is 1. The first-order chi connectivity index (χ1) is 8.99. The summed E-state index contributed by atoms with van der Waals surface area (Å²) in [6.45, 7) is 0. The van der Waals surface area contributed by atoms with Gasteiger partial charge in [-0.05, 0) is 62.2 Å². The SMILES string of the molecule is O=C(Nc1cccc(Cl)c1Br)c1cc(Cl)ccc1Br. The molecule has 0 saturated heterocycles. The molecular formula is C13H7Br2Cl2NO. The van der Waals surface area contributed by atoms with Gasteiger partial charge in [0.05, 0.1) is 20.7 Å². The van der Waals surface area contributed by atoms with Gasteiger partial charge < -0.3 is 5.32 Å². The Morgan fingerprint density at radius 3 is 2.58 bits per heavy atom. The van der Waals surface area contributed by atoms with Crippen molar-refractivity contribution in [3.63, 3.8) is 0 Å². The maximum absolute atomic E-state index is 12.2. The van der Waals surface area contributed by atoms with E-state index in [0.29, 0.717) is 30.2 Å². The van der Waals surface area contributed by atoms with Crippen molar-refractivity contribution < 1.29 is 4.79 Å². The molecule has 6 heteroatoms. The predicted octanol–water partition coefficient (Wildman–Crippen LogP) is 5.77. The fourth-order valence-corrected chi connectivity index (χ4v) is 2.60. The Kier molecular flexibility index (Phi) is 4.90. The molecule has 0 saturated carbocycles. The largest absolute Gasteiger partial charge is 0.321 e. The van der Waals surface area contributed by atoms with Crippen molar-refractivity contribution in [2.75, 3.05) is 5.32 Å². The summed E-state index contributed by atoms with van der Waals surface area (Å²) in [6, 6.07) is 10.3. The molecule has 2 rings (SSSR count). The molecule has 0 heterocycles. The first kappa shape index (κ1) is 14.9. The van der Waals surface area contributed by atoms with Crippen LogP contribution in [0.3, 0.4) is 0 Å². The highest BCUT2D eigenvalue weighted by atomic mass is 79.9. The van der Waals surface area contributed by atoms with Crippen LogP contribution in [0.2, 0.25) is 10.0 Å². The number of amides is 1. The normalized spacial score (nSPS) is 10.3. The lowest BCUT2D eigenvalue weighted by Gasteiger charge is -2.09. The summed E-state index contributed by atoms with van der Waals surface area (Å²) >= 11 is 18.5. The van der Waals surface area contributed by atoms with Crippen LogP contribution in [0.5, 0.6) is 0 Å². The number of rotatable bonds is 2. The molecule has 0 radical (unpaired) electrons. The first-order valence-corrected chi connectivity index (χ1v) is 7.53. The molecule has 2 aromatic carbocycles. The molecule has 0 atom stereocenters. The molecule has 0 unspecified atom stereocenters. The van der Waals surface area contributed by atoms with Gasteiger partial charge in [0.15, 0.2) is 0 Å². The molecule has 0 aliphatic carbocycles. The van der Waals surface area contributed by atoms with Crippen LogP contribution in [0.15, 0.2) is 45.3 Å². The number of nitrogens with one attached hydrogen (secondary N) is 1. The van der Waals surface area contributed by atoms with Crippen molar-refractivity contribution in [2.24, 2.45) is 0 Å². The molecule has 0 aliphatic heterocycles. The number of halogens is 4. The van der Waals surface area contributed by atoms with Crippen molar-refractivity contribution >= 4 is 66.7 Å². The van der Waals surface area contributed by atoms with Crippen molar-refractivity contribution in [3.8, 4) is 0 Å². The monoisotopic (exact) mass is 421 g/mol. The Hall–Kier alpha value is -0.550. The molecule has 2 nitrogen and oxygen atoms in total. The first-order valence-electron chi connectivity index (χ1n) is 5.19. The average Bonchev–Trinajstić information content (AvgIpc) is 2.38. The molecule has 1 amide bonds. The van der Waals surface area contributed by atoms with Crippen molar-refractivity contribution in [1.82, 2.24) is 0 Å². The highest BCUT2D eigenvalue weighted by Crippen LogP contribution is 2.31. The van der Waals surface area contributed by atoms with Crippen LogP contribution in [-0.4, -0.2) is 5.91 Å². The van der Waals surface area contributed by atoms with Gasteiger partial charge in [-0.25, -0.2) is 0 Å². The van der Waals surface area contributed by atoms with E-state index in [1.54, 1.807) is 36.4 Å². The fourth-order valence-electron chi connectivity index (χ4n) is 1.46. The van der Waals surface area contributed by atoms with E-state index in [4.69, 9.17) is 23.2 Å². The van der Waals surface area contributed by atoms with Crippen LogP contribution >= 0.6 is 55.1 Å². The van der Waals surface area contributed by atoms with Gasteiger partial charge in [-0.15, -0.1) is 0 Å². The number of benzene rings is 2. The standard InChI is InChI=1S/C13H7Br2Cl2NO/c14-9-5-4-7(16)6-8(9)13(19)18-11-3-1-2-10(17)12(11)15/h1-6H,(H,18,19). The molecule has 0 aliphatic rings. The predicted molar refractivity (Wildman–Crippen MR) is 86.3 cm³/mol. The van der Waals surface area contributed by atoms with E-state index >= 15 is 0 Å². The van der Waals surface area contributed by atoms with Crippen LogP contribution in [0.1, 0.15) is 10.4 Å². The number of carbonyl (C=O) groups excluding carboxylic acids is 1. The van der Waals surface area contributed by atoms with Gasteiger partial charge in [-0.1, -0.05) is 29.3 Å². The third-order valence-electron chi connectivity index (χ3n) is 2.37. The van der Waals surface area contributed by atoms with Crippen LogP contribution in [0.4, 0.5) is 5.69 Å². The Labute approximate surface area is 137 Å². The zero-order chi connectivity index (χ0) is 14.0. The lowest BCUT2D eigenvalue weighted by Crippen LogP contribution is -2.13. The topological polar surface area (TPSA) is 29.1 Å². The highest BCUT2D eigenvalue weighted by molar-refractivity contribution is 9.11. The summed E-state index contributed by atoms with van der Waals surface area (Å²) in [4.78, 5) is 12.2. The van der Waals surface area contributed by atoms with Gasteiger partial charge in [0.25, 0.3) is 5.91 Å². The lowest BCUT2D eigenvalue weighted by atomic mass is 10.2. The van der Waals surface area contributed by atoms with E-state index in [9.17, 15) is 4.79 Å². The number of hydrogen-bond donors (Lipinski definition) is 1. The van der Waals surface area contributed by atoms with E-state index in [-0.39, 0.29) is 5.91 Å². The molecule has 0 aromatic heterocycles. The van der Waals surface area contributed by atoms with Gasteiger partial charge in [0.1, 0.15) is 0 Å². The van der Waals surface area contributed by atoms with Gasteiger partial charge in [0.2, 0.25) is 0 Å². The highest BCUT2D eigenvalue weighted by Gasteiger charge is 2.13. The third kappa shape index (κ3) is 3.51. The summed E-state index contributed by atoms with van der Waals surface area (Å²) in [5, 5.41) is 3.81. The second-order valence-electron chi connectivity index (χ2n) is 3.68. The van der Waals surface area contributed by atoms with Gasteiger partial charge in [0, 0.05) is 9.50 Å². The zero-order valence-corrected chi connectivity index (χ0v) is 14.1. The summed E-state index contributed by atoms with van der Waals surface area (Å²) < 4.78 is 1.32. The summed E-state index contributed by atoms with van der Waals surface area (Å²) in [5.74, 6) is -0.266. The number of anilines is 1. The van der Waals surface area contributed by atoms with Crippen LogP contribution < -0.4 is 5.32 Å². The van der Waals surface area contributed by atoms with Gasteiger partial charge in [-0.2, -0.15) is 0 Å². The van der Waals surface area contributed by atoms with Crippen molar-refractivity contribution in [1.29, 1.82) is 0 Å². The second kappa shape index (κ2) is 6.27. The Bertz CT molecular complexity index is 647. The Morgan fingerprint density at radius 2 is 1.84 bits per heavy atom. The van der Waals surface area contributed by atoms with Crippen LogP contribution in [0, 0.1) is 0 Å². The van der Waals surface area contributed by atoms with Crippen LogP contribution in [-0.2, 0) is 0 Å². The average molecular weight is 424 g/mol. The molecule has 0 bridgehead atoms. The summed E-state index contributed by atoms with van der Waals surface area (Å²) in [5.41, 5.74) is 1.06. The Morgan fingerprint density at radius 1 is 1.11 bits per heavy atom. The smallest absolute Gasteiger partial charge is 0.256 e. The minimum Gasteiger partial charge on any atom is -0.321 e. The van der Waals surface area contributed by atoms with E-state index < -0.39 is 0 Å². The minimum atomic E-state index is -0.266. The molecule has 2 aromatic rings. The molecule has 0 spiro atoms. The van der Waals surface area contributed by atoms with Gasteiger partial charge in [-0.3, -0.25) is 4.79 Å². The quantitative estimate of drug-likeness (QED) is 0.652. The number of carbonyl (C=O) groups is 1. The Balaban J connectivity index is 2.31. The van der Waals surface area contributed by atoms with Crippen molar-refractivity contribution in [2.45, 2.75) is 0 Å². The fraction of sp³-hybridized carbons (Fsp3) is 0. The van der Waals surface area contributed by atoms with E-state index in [2.05, 4.69) is 37.2 Å². The minimum absolute atomic E-state index is 0.266. The van der Waals surface area contributed by atoms with E-state index in [1.807, 2.05) is 0 Å². The van der Waals surface area contributed by atoms with E-state index in [0.717, 1.165) is 0 Å². The second-order valence-corrected chi connectivity index (χ2v) is 6.17. The molecular weight excluding hydrogens is 417 g/mol. The van der Waals surface area contributed by atoms with Crippen LogP contribution in [0.25, 0.3) is 0 Å². The maximum Gasteiger partial charge on any atom is 0.256 e. The molecule has 19 heavy (non-hydrogen) atoms. The summed E-state index contributed by atoms with van der Waals surface area (Å²) in [6.07, 6.45) is 0. The van der Waals surface area contributed by atoms with Gasteiger partial charge >= 0.3 is 0 Å². The molecule has 98 valence electrons. The molecule has 0 fully saturated rings. The lowest BCUT2D eigenvalue weighted by molar-refractivity contribution is 0.102. The zero-order valence-electron chi connectivity index (χ0n) is 9.38.